The van der Waals surface area contributed by atoms with Crippen LogP contribution in [0.2, 0.25) is 0 Å². The summed E-state index contributed by atoms with van der Waals surface area (Å²) in [5.41, 5.74) is 6.58. The number of carbonyl (C=O) groups is 1. The van der Waals surface area contributed by atoms with E-state index in [2.05, 4.69) is 15.5 Å². The third-order valence-corrected chi connectivity index (χ3v) is 3.48. The Bertz CT molecular complexity index is 802. The third kappa shape index (κ3) is 3.53. The minimum absolute atomic E-state index is 0.00671. The summed E-state index contributed by atoms with van der Waals surface area (Å²) in [7, 11) is 0. The quantitative estimate of drug-likeness (QED) is 0.807. The van der Waals surface area contributed by atoms with Gasteiger partial charge in [0.2, 0.25) is 11.8 Å². The van der Waals surface area contributed by atoms with Gasteiger partial charge in [-0.2, -0.15) is 10.5 Å². The van der Waals surface area contributed by atoms with Gasteiger partial charge in [-0.25, -0.2) is 4.98 Å². The first-order valence-electron chi connectivity index (χ1n) is 6.00. The fourth-order valence-electron chi connectivity index (χ4n) is 1.52. The summed E-state index contributed by atoms with van der Waals surface area (Å²) in [6.45, 7) is 1.73. The van der Waals surface area contributed by atoms with Crippen molar-refractivity contribution < 1.29 is 9.32 Å². The highest BCUT2D eigenvalue weighted by Crippen LogP contribution is 2.24. The summed E-state index contributed by atoms with van der Waals surface area (Å²) < 4.78 is 4.87. The van der Waals surface area contributed by atoms with Crippen molar-refractivity contribution in [3.05, 3.63) is 29.0 Å². The van der Waals surface area contributed by atoms with E-state index >= 15 is 0 Å². The fraction of sp³-hybridized carbons (Fsp3) is 0.154. The first-order valence-corrected chi connectivity index (χ1v) is 6.98. The zero-order valence-electron chi connectivity index (χ0n) is 11.5. The normalized spacial score (nSPS) is 9.77. The summed E-state index contributed by atoms with van der Waals surface area (Å²) in [6.07, 6.45) is 0. The van der Waals surface area contributed by atoms with Gasteiger partial charge < -0.3 is 10.3 Å². The van der Waals surface area contributed by atoms with Gasteiger partial charge >= 0.3 is 0 Å². The van der Waals surface area contributed by atoms with E-state index in [1.165, 1.54) is 6.07 Å². The van der Waals surface area contributed by atoms with E-state index in [1.807, 2.05) is 12.1 Å². The van der Waals surface area contributed by atoms with Crippen LogP contribution in [0.5, 0.6) is 0 Å². The van der Waals surface area contributed by atoms with Crippen molar-refractivity contribution in [2.75, 3.05) is 16.8 Å². The zero-order chi connectivity index (χ0) is 16.1. The van der Waals surface area contributed by atoms with Crippen LogP contribution in [0.3, 0.4) is 0 Å². The largest absolute Gasteiger partial charge is 0.383 e. The van der Waals surface area contributed by atoms with Crippen LogP contribution >= 0.6 is 11.8 Å². The lowest BCUT2D eigenvalue weighted by Gasteiger charge is -2.05. The lowest BCUT2D eigenvalue weighted by Crippen LogP contribution is -2.14. The molecule has 0 saturated carbocycles. The highest BCUT2D eigenvalue weighted by Gasteiger charge is 2.13. The molecule has 0 bridgehead atoms. The van der Waals surface area contributed by atoms with Crippen LogP contribution in [0.1, 0.15) is 16.8 Å². The minimum atomic E-state index is -0.338. The van der Waals surface area contributed by atoms with Crippen LogP contribution in [0, 0.1) is 29.6 Å². The number of nitrogens with one attached hydrogen (secondary N) is 1. The van der Waals surface area contributed by atoms with E-state index in [4.69, 9.17) is 20.8 Å². The molecule has 2 aromatic rings. The van der Waals surface area contributed by atoms with Gasteiger partial charge in [-0.15, -0.1) is 0 Å². The molecule has 1 amide bonds. The fourth-order valence-corrected chi connectivity index (χ4v) is 2.28. The highest BCUT2D eigenvalue weighted by atomic mass is 32.2. The number of aryl methyl sites for hydroxylation is 1. The second kappa shape index (κ2) is 6.61. The topological polar surface area (TPSA) is 142 Å². The van der Waals surface area contributed by atoms with Crippen LogP contribution in [0.15, 0.2) is 21.7 Å². The van der Waals surface area contributed by atoms with Crippen LogP contribution in [-0.2, 0) is 4.79 Å². The number of nitriles is 2. The number of nitrogens with zero attached hydrogens (tertiary/aromatic N) is 4. The molecule has 8 nitrogen and oxygen atoms in total. The summed E-state index contributed by atoms with van der Waals surface area (Å²) >= 11 is 1.04. The molecule has 0 aliphatic carbocycles. The lowest BCUT2D eigenvalue weighted by atomic mass is 10.2. The highest BCUT2D eigenvalue weighted by molar-refractivity contribution is 8.00. The number of hydrogen-bond donors (Lipinski definition) is 2. The summed E-state index contributed by atoms with van der Waals surface area (Å²) in [6, 6.07) is 6.71. The van der Waals surface area contributed by atoms with Crippen molar-refractivity contribution in [3.63, 3.8) is 0 Å². The molecule has 0 unspecified atom stereocenters. The monoisotopic (exact) mass is 314 g/mol. The Morgan fingerprint density at radius 2 is 2.14 bits per heavy atom. The molecule has 2 heterocycles. The maximum Gasteiger partial charge on any atom is 0.237 e. The van der Waals surface area contributed by atoms with E-state index in [1.54, 1.807) is 13.0 Å². The second-order valence-corrected chi connectivity index (χ2v) is 5.13. The Labute approximate surface area is 129 Å². The smallest absolute Gasteiger partial charge is 0.237 e. The molecule has 0 radical (unpaired) electrons. The number of carbonyl (C=O) groups excluding carboxylic acids is 1. The molecule has 0 atom stereocenters. The number of nitrogens with two attached hydrogens (primary N) is 1. The maximum absolute atomic E-state index is 11.8. The standard InChI is InChI=1S/C13H10N6O2S/c1-7-2-11(21-19-7)17-10(20)6-22-13-9(5-15)3-8(4-14)12(16)18-13/h2-3H,6H2,1H3,(H2,16,18)(H,17,20). The number of anilines is 2. The average Bonchev–Trinajstić information content (AvgIpc) is 2.90. The molecule has 2 rings (SSSR count). The molecule has 0 saturated heterocycles. The van der Waals surface area contributed by atoms with Gasteiger partial charge in [0, 0.05) is 6.07 Å². The molecule has 9 heteroatoms. The van der Waals surface area contributed by atoms with Gasteiger partial charge in [0.05, 0.1) is 22.6 Å². The number of pyridine rings is 1. The number of nitrogen functional groups attached to an aromatic ring is 1. The Hall–Kier alpha value is -3.04. The van der Waals surface area contributed by atoms with E-state index < -0.39 is 0 Å². The van der Waals surface area contributed by atoms with E-state index in [0.29, 0.717) is 10.7 Å². The second-order valence-electron chi connectivity index (χ2n) is 4.17. The molecule has 0 aliphatic heterocycles. The molecule has 2 aromatic heterocycles. The molecule has 0 aliphatic rings. The Morgan fingerprint density at radius 3 is 2.73 bits per heavy atom. The molecular formula is C13H10N6O2S. The van der Waals surface area contributed by atoms with E-state index in [-0.39, 0.29) is 34.5 Å². The molecule has 110 valence electrons. The van der Waals surface area contributed by atoms with E-state index in [9.17, 15) is 4.79 Å². The SMILES string of the molecule is Cc1cc(NC(=O)CSc2nc(N)c(C#N)cc2C#N)on1. The number of aromatic nitrogens is 2. The van der Waals surface area contributed by atoms with Crippen molar-refractivity contribution in [1.82, 2.24) is 10.1 Å². The Morgan fingerprint density at radius 1 is 1.41 bits per heavy atom. The first-order chi connectivity index (χ1) is 10.5. The van der Waals surface area contributed by atoms with Gasteiger partial charge in [0.25, 0.3) is 0 Å². The van der Waals surface area contributed by atoms with Crippen LogP contribution in [0.4, 0.5) is 11.7 Å². The van der Waals surface area contributed by atoms with Crippen molar-refractivity contribution in [2.24, 2.45) is 0 Å². The minimum Gasteiger partial charge on any atom is -0.383 e. The van der Waals surface area contributed by atoms with Crippen molar-refractivity contribution >= 4 is 29.4 Å². The van der Waals surface area contributed by atoms with Crippen molar-refractivity contribution in [1.29, 1.82) is 10.5 Å². The van der Waals surface area contributed by atoms with Crippen molar-refractivity contribution in [2.45, 2.75) is 11.9 Å². The lowest BCUT2D eigenvalue weighted by molar-refractivity contribution is -0.113. The summed E-state index contributed by atoms with van der Waals surface area (Å²) in [4.78, 5) is 15.8. The zero-order valence-corrected chi connectivity index (χ0v) is 12.3. The molecule has 0 fully saturated rings. The predicted octanol–water partition coefficient (Wildman–Crippen LogP) is 1.43. The number of thioether (sulfide) groups is 1. The number of hydrogen-bond acceptors (Lipinski definition) is 8. The number of amides is 1. The third-order valence-electron chi connectivity index (χ3n) is 2.49. The van der Waals surface area contributed by atoms with Gasteiger partial charge in [0.15, 0.2) is 0 Å². The molecular weight excluding hydrogens is 304 g/mol. The van der Waals surface area contributed by atoms with Crippen LogP contribution in [-0.4, -0.2) is 21.8 Å². The van der Waals surface area contributed by atoms with Gasteiger partial charge in [-0.1, -0.05) is 16.9 Å². The van der Waals surface area contributed by atoms with Gasteiger partial charge in [-0.3, -0.25) is 10.1 Å². The van der Waals surface area contributed by atoms with Crippen LogP contribution < -0.4 is 11.1 Å². The molecule has 3 N–H and O–H groups in total. The maximum atomic E-state index is 11.8. The Kier molecular flexibility index (Phi) is 4.61. The van der Waals surface area contributed by atoms with Crippen molar-refractivity contribution in [3.8, 4) is 12.1 Å². The number of rotatable bonds is 4. The van der Waals surface area contributed by atoms with Gasteiger partial charge in [-0.05, 0) is 13.0 Å². The predicted molar refractivity (Wildman–Crippen MR) is 78.7 cm³/mol. The van der Waals surface area contributed by atoms with Gasteiger partial charge in [0.1, 0.15) is 23.0 Å². The first kappa shape index (κ1) is 15.4. The Balaban J connectivity index is 2.05. The van der Waals surface area contributed by atoms with E-state index in [0.717, 1.165) is 11.8 Å². The summed E-state index contributed by atoms with van der Waals surface area (Å²) in [5, 5.41) is 24.4. The average molecular weight is 314 g/mol. The van der Waals surface area contributed by atoms with Crippen LogP contribution in [0.25, 0.3) is 0 Å². The molecule has 22 heavy (non-hydrogen) atoms. The molecule has 0 aromatic carbocycles. The summed E-state index contributed by atoms with van der Waals surface area (Å²) in [5.74, 6) is -0.0619. The molecule has 0 spiro atoms.